The molecule has 1 aliphatic carbocycles. The smallest absolute Gasteiger partial charge is 0.227 e. The third kappa shape index (κ3) is 3.73. The Kier molecular flexibility index (Phi) is 5.08. The molecule has 2 N–H and O–H groups in total. The Bertz CT molecular complexity index is 343. The van der Waals surface area contributed by atoms with Crippen LogP contribution in [0, 0.1) is 11.8 Å². The molecule has 0 aromatic heterocycles. The summed E-state index contributed by atoms with van der Waals surface area (Å²) in [6.45, 7) is 5.24. The largest absolute Gasteiger partial charge is 0.345 e. The van der Waals surface area contributed by atoms with Crippen LogP contribution < -0.4 is 5.73 Å². The van der Waals surface area contributed by atoms with E-state index in [-0.39, 0.29) is 17.4 Å². The van der Waals surface area contributed by atoms with Crippen molar-refractivity contribution >= 4 is 5.91 Å². The van der Waals surface area contributed by atoms with Crippen LogP contribution in [0.25, 0.3) is 0 Å². The highest BCUT2D eigenvalue weighted by Crippen LogP contribution is 2.33. The minimum atomic E-state index is -0.313. The van der Waals surface area contributed by atoms with E-state index in [0.717, 1.165) is 38.8 Å². The lowest BCUT2D eigenvalue weighted by atomic mass is 9.74. The second kappa shape index (κ2) is 6.44. The van der Waals surface area contributed by atoms with Crippen molar-refractivity contribution in [1.82, 2.24) is 9.80 Å². The molecular formula is C16H31N3O. The first-order chi connectivity index (χ1) is 9.40. The van der Waals surface area contributed by atoms with Crippen LogP contribution in [-0.2, 0) is 4.79 Å². The average Bonchev–Trinajstić information content (AvgIpc) is 2.37. The van der Waals surface area contributed by atoms with Crippen molar-refractivity contribution < 1.29 is 4.79 Å². The summed E-state index contributed by atoms with van der Waals surface area (Å²) in [4.78, 5) is 17.0. The van der Waals surface area contributed by atoms with Gasteiger partial charge in [0.05, 0.1) is 5.92 Å². The van der Waals surface area contributed by atoms with Crippen LogP contribution in [0.3, 0.4) is 0 Å². The van der Waals surface area contributed by atoms with E-state index in [1.807, 2.05) is 11.9 Å². The lowest BCUT2D eigenvalue weighted by Crippen LogP contribution is -2.54. The third-order valence-electron chi connectivity index (χ3n) is 5.18. The number of nitrogens with zero attached hydrogens (tertiary/aromatic N) is 2. The Morgan fingerprint density at radius 3 is 2.75 bits per heavy atom. The maximum absolute atomic E-state index is 12.7. The van der Waals surface area contributed by atoms with Crippen LogP contribution >= 0.6 is 0 Å². The minimum Gasteiger partial charge on any atom is -0.345 e. The van der Waals surface area contributed by atoms with Crippen molar-refractivity contribution in [2.24, 2.45) is 17.6 Å². The first-order valence-corrected chi connectivity index (χ1v) is 8.12. The molecule has 1 saturated heterocycles. The molecule has 4 nitrogen and oxygen atoms in total. The zero-order valence-electron chi connectivity index (χ0n) is 13.4. The fourth-order valence-corrected chi connectivity index (χ4v) is 3.93. The number of carbonyl (C=O) groups is 1. The van der Waals surface area contributed by atoms with Crippen molar-refractivity contribution in [2.45, 2.75) is 51.0 Å². The first-order valence-electron chi connectivity index (χ1n) is 8.12. The van der Waals surface area contributed by atoms with Crippen molar-refractivity contribution in [3.8, 4) is 0 Å². The molecule has 3 atom stereocenters. The van der Waals surface area contributed by atoms with E-state index in [9.17, 15) is 4.79 Å². The van der Waals surface area contributed by atoms with Crippen LogP contribution in [0.4, 0.5) is 0 Å². The molecule has 3 unspecified atom stereocenters. The summed E-state index contributed by atoms with van der Waals surface area (Å²) < 4.78 is 0. The van der Waals surface area contributed by atoms with Gasteiger partial charge in [-0.2, -0.15) is 0 Å². The van der Waals surface area contributed by atoms with Gasteiger partial charge in [0, 0.05) is 25.7 Å². The van der Waals surface area contributed by atoms with Crippen LogP contribution in [0.5, 0.6) is 0 Å². The maximum atomic E-state index is 12.7. The summed E-state index contributed by atoms with van der Waals surface area (Å²) in [5.74, 6) is 0.904. The average molecular weight is 281 g/mol. The quantitative estimate of drug-likeness (QED) is 0.856. The second-order valence-electron chi connectivity index (χ2n) is 7.29. The normalized spacial score (nSPS) is 35.8. The molecule has 20 heavy (non-hydrogen) atoms. The number of rotatable bonds is 3. The van der Waals surface area contributed by atoms with Gasteiger partial charge in [-0.1, -0.05) is 12.8 Å². The molecule has 2 rings (SSSR count). The molecule has 0 aromatic rings. The maximum Gasteiger partial charge on any atom is 0.227 e. The summed E-state index contributed by atoms with van der Waals surface area (Å²) in [7, 11) is 4.13. The first kappa shape index (κ1) is 15.8. The zero-order chi connectivity index (χ0) is 14.8. The highest BCUT2D eigenvalue weighted by molar-refractivity contribution is 5.80. The monoisotopic (exact) mass is 281 g/mol. The molecule has 0 bridgehead atoms. The number of piperidine rings is 1. The van der Waals surface area contributed by atoms with Crippen LogP contribution in [0.15, 0.2) is 0 Å². The zero-order valence-corrected chi connectivity index (χ0v) is 13.4. The van der Waals surface area contributed by atoms with Crippen molar-refractivity contribution in [1.29, 1.82) is 0 Å². The van der Waals surface area contributed by atoms with Gasteiger partial charge in [-0.25, -0.2) is 0 Å². The number of nitrogens with two attached hydrogens (primary N) is 1. The predicted molar refractivity (Wildman–Crippen MR) is 82.4 cm³/mol. The Morgan fingerprint density at radius 2 is 2.10 bits per heavy atom. The van der Waals surface area contributed by atoms with E-state index < -0.39 is 0 Å². The SMILES string of the molecule is CN1CCCC(CN(C)C(=O)C2CCCCC2(C)N)C1. The van der Waals surface area contributed by atoms with Crippen molar-refractivity contribution in [2.75, 3.05) is 33.7 Å². The molecule has 0 aromatic carbocycles. The Balaban J connectivity index is 1.90. The molecule has 2 fully saturated rings. The van der Waals surface area contributed by atoms with E-state index in [0.29, 0.717) is 5.92 Å². The fraction of sp³-hybridized carbons (Fsp3) is 0.938. The van der Waals surface area contributed by atoms with Gasteiger partial charge >= 0.3 is 0 Å². The predicted octanol–water partition coefficient (Wildman–Crippen LogP) is 1.69. The number of amides is 1. The van der Waals surface area contributed by atoms with Gasteiger partial charge in [0.15, 0.2) is 0 Å². The van der Waals surface area contributed by atoms with E-state index >= 15 is 0 Å². The summed E-state index contributed by atoms with van der Waals surface area (Å²) in [5.41, 5.74) is 6.05. The van der Waals surface area contributed by atoms with E-state index in [4.69, 9.17) is 5.73 Å². The number of hydrogen-bond acceptors (Lipinski definition) is 3. The highest BCUT2D eigenvalue weighted by atomic mass is 16.2. The topological polar surface area (TPSA) is 49.6 Å². The lowest BCUT2D eigenvalue weighted by Gasteiger charge is -2.40. The summed E-state index contributed by atoms with van der Waals surface area (Å²) in [5, 5.41) is 0. The van der Waals surface area contributed by atoms with Crippen LogP contribution in [-0.4, -0.2) is 55.0 Å². The molecule has 1 aliphatic heterocycles. The molecule has 4 heteroatoms. The lowest BCUT2D eigenvalue weighted by molar-refractivity contribution is -0.138. The van der Waals surface area contributed by atoms with Gasteiger partial charge < -0.3 is 15.5 Å². The van der Waals surface area contributed by atoms with E-state index in [2.05, 4.69) is 18.9 Å². The highest BCUT2D eigenvalue weighted by Gasteiger charge is 2.39. The van der Waals surface area contributed by atoms with Crippen molar-refractivity contribution in [3.05, 3.63) is 0 Å². The second-order valence-corrected chi connectivity index (χ2v) is 7.29. The Labute approximate surface area is 123 Å². The molecule has 1 saturated carbocycles. The van der Waals surface area contributed by atoms with Gasteiger partial charge in [0.2, 0.25) is 5.91 Å². The minimum absolute atomic E-state index is 0.0163. The van der Waals surface area contributed by atoms with Gasteiger partial charge in [0.1, 0.15) is 0 Å². The summed E-state index contributed by atoms with van der Waals surface area (Å²) >= 11 is 0. The standard InChI is InChI=1S/C16H31N3O/c1-16(17)9-5-4-8-14(16)15(20)19(3)12-13-7-6-10-18(2)11-13/h13-14H,4-12,17H2,1-3H3. The van der Waals surface area contributed by atoms with E-state index in [1.165, 1.54) is 19.4 Å². The summed E-state index contributed by atoms with van der Waals surface area (Å²) in [6, 6.07) is 0. The van der Waals surface area contributed by atoms with Gasteiger partial charge in [0.25, 0.3) is 0 Å². The number of likely N-dealkylation sites (tertiary alicyclic amines) is 1. The molecule has 116 valence electrons. The van der Waals surface area contributed by atoms with Gasteiger partial charge in [-0.15, -0.1) is 0 Å². The number of carbonyl (C=O) groups excluding carboxylic acids is 1. The molecule has 2 aliphatic rings. The number of hydrogen-bond donors (Lipinski definition) is 1. The van der Waals surface area contributed by atoms with Gasteiger partial charge in [-0.05, 0) is 52.1 Å². The van der Waals surface area contributed by atoms with Crippen LogP contribution in [0.2, 0.25) is 0 Å². The molecule has 0 radical (unpaired) electrons. The van der Waals surface area contributed by atoms with Gasteiger partial charge in [-0.3, -0.25) is 4.79 Å². The third-order valence-corrected chi connectivity index (χ3v) is 5.18. The van der Waals surface area contributed by atoms with Crippen LogP contribution in [0.1, 0.15) is 45.4 Å². The molecule has 1 heterocycles. The molecule has 0 spiro atoms. The Hall–Kier alpha value is -0.610. The Morgan fingerprint density at radius 1 is 1.35 bits per heavy atom. The molecule has 1 amide bonds. The van der Waals surface area contributed by atoms with Crippen molar-refractivity contribution in [3.63, 3.8) is 0 Å². The summed E-state index contributed by atoms with van der Waals surface area (Å²) in [6.07, 6.45) is 6.73. The van der Waals surface area contributed by atoms with E-state index in [1.54, 1.807) is 0 Å². The molecular weight excluding hydrogens is 250 g/mol. The fourth-order valence-electron chi connectivity index (χ4n) is 3.93.